The number of halogens is 1. The van der Waals surface area contributed by atoms with Gasteiger partial charge in [0.1, 0.15) is 11.6 Å². The zero-order chi connectivity index (χ0) is 18.6. The third kappa shape index (κ3) is 3.87. The van der Waals surface area contributed by atoms with Gasteiger partial charge in [-0.25, -0.2) is 9.37 Å². The van der Waals surface area contributed by atoms with Crippen LogP contribution in [-0.4, -0.2) is 15.9 Å². The van der Waals surface area contributed by atoms with Gasteiger partial charge in [-0.1, -0.05) is 42.5 Å². The minimum Gasteiger partial charge on any atom is -0.342 e. The zero-order valence-corrected chi connectivity index (χ0v) is 14.6. The van der Waals surface area contributed by atoms with E-state index >= 15 is 0 Å². The van der Waals surface area contributed by atoms with Crippen molar-refractivity contribution in [2.24, 2.45) is 0 Å². The fraction of sp³-hybridized carbons (Fsp3) is 0.0909. The molecule has 0 saturated carbocycles. The molecule has 0 unspecified atom stereocenters. The number of H-pyrrole nitrogens is 1. The summed E-state index contributed by atoms with van der Waals surface area (Å²) in [6, 6.07) is 21.6. The fourth-order valence-electron chi connectivity index (χ4n) is 3.01. The summed E-state index contributed by atoms with van der Waals surface area (Å²) < 4.78 is 13.7. The van der Waals surface area contributed by atoms with Crippen molar-refractivity contribution in [2.75, 3.05) is 5.32 Å². The van der Waals surface area contributed by atoms with Crippen LogP contribution in [0, 0.1) is 5.82 Å². The number of aromatic amines is 1. The van der Waals surface area contributed by atoms with E-state index in [2.05, 4.69) is 27.4 Å². The number of carbonyl (C=O) groups is 1. The molecule has 0 fully saturated rings. The van der Waals surface area contributed by atoms with Gasteiger partial charge in [0.05, 0.1) is 16.6 Å². The number of imidazole rings is 1. The quantitative estimate of drug-likeness (QED) is 0.541. The number of nitrogens with zero attached hydrogens (tertiary/aromatic N) is 1. The van der Waals surface area contributed by atoms with Crippen molar-refractivity contribution in [2.45, 2.75) is 12.8 Å². The highest BCUT2D eigenvalue weighted by Gasteiger charge is 2.12. The molecule has 1 amide bonds. The maximum Gasteiger partial charge on any atom is 0.258 e. The number of carbonyl (C=O) groups excluding carboxylic acids is 1. The van der Waals surface area contributed by atoms with Crippen LogP contribution in [0.3, 0.4) is 0 Å². The van der Waals surface area contributed by atoms with E-state index in [4.69, 9.17) is 0 Å². The highest BCUT2D eigenvalue weighted by atomic mass is 19.1. The highest BCUT2D eigenvalue weighted by molar-refractivity contribution is 6.05. The summed E-state index contributed by atoms with van der Waals surface area (Å²) in [5.74, 6) is -0.122. The molecule has 4 rings (SSSR count). The summed E-state index contributed by atoms with van der Waals surface area (Å²) in [5, 5.41) is 2.73. The predicted molar refractivity (Wildman–Crippen MR) is 104 cm³/mol. The number of aromatic nitrogens is 2. The average Bonchev–Trinajstić information content (AvgIpc) is 3.10. The molecule has 4 aromatic rings. The van der Waals surface area contributed by atoms with E-state index in [1.54, 1.807) is 18.2 Å². The van der Waals surface area contributed by atoms with Crippen LogP contribution in [0.25, 0.3) is 11.0 Å². The standard InChI is InChI=1S/C22H18FN3O/c23-18-9-5-4-8-17(18)22(27)24-16-11-12-19-20(14-16)26-21(25-19)13-10-15-6-2-1-3-7-15/h1-9,11-12,14H,10,13H2,(H,24,27)(H,25,26). The molecular formula is C22H18FN3O. The lowest BCUT2D eigenvalue weighted by molar-refractivity contribution is 0.102. The third-order valence-corrected chi connectivity index (χ3v) is 4.40. The Balaban J connectivity index is 1.49. The molecule has 0 radical (unpaired) electrons. The molecule has 0 spiro atoms. The number of hydrogen-bond acceptors (Lipinski definition) is 2. The number of anilines is 1. The minimum absolute atomic E-state index is 0.0192. The molecule has 1 aromatic heterocycles. The molecule has 134 valence electrons. The largest absolute Gasteiger partial charge is 0.342 e. The molecule has 1 heterocycles. The minimum atomic E-state index is -0.541. The van der Waals surface area contributed by atoms with Crippen LogP contribution in [-0.2, 0) is 12.8 Å². The summed E-state index contributed by atoms with van der Waals surface area (Å²) in [6.45, 7) is 0. The topological polar surface area (TPSA) is 57.8 Å². The Hall–Kier alpha value is -3.47. The molecule has 5 heteroatoms. The lowest BCUT2D eigenvalue weighted by atomic mass is 10.1. The second kappa shape index (κ2) is 7.41. The predicted octanol–water partition coefficient (Wildman–Crippen LogP) is 4.74. The van der Waals surface area contributed by atoms with Crippen molar-refractivity contribution in [3.05, 3.63) is 95.6 Å². The highest BCUT2D eigenvalue weighted by Crippen LogP contribution is 2.19. The van der Waals surface area contributed by atoms with Crippen molar-refractivity contribution in [1.29, 1.82) is 0 Å². The second-order valence-corrected chi connectivity index (χ2v) is 6.33. The van der Waals surface area contributed by atoms with Crippen molar-refractivity contribution in [3.63, 3.8) is 0 Å². The van der Waals surface area contributed by atoms with Gasteiger partial charge in [0.15, 0.2) is 0 Å². The molecule has 0 saturated heterocycles. The first-order valence-corrected chi connectivity index (χ1v) is 8.77. The van der Waals surface area contributed by atoms with Crippen LogP contribution in [0.2, 0.25) is 0 Å². The van der Waals surface area contributed by atoms with E-state index in [-0.39, 0.29) is 5.56 Å². The molecular weight excluding hydrogens is 341 g/mol. The smallest absolute Gasteiger partial charge is 0.258 e. The van der Waals surface area contributed by atoms with Gasteiger partial charge in [0.25, 0.3) is 5.91 Å². The number of benzene rings is 3. The lowest BCUT2D eigenvalue weighted by Gasteiger charge is -2.05. The van der Waals surface area contributed by atoms with Gasteiger partial charge < -0.3 is 10.3 Å². The van der Waals surface area contributed by atoms with Gasteiger partial charge in [-0.3, -0.25) is 4.79 Å². The number of aryl methyl sites for hydroxylation is 2. The first-order chi connectivity index (χ1) is 13.2. The monoisotopic (exact) mass is 359 g/mol. The van der Waals surface area contributed by atoms with Gasteiger partial charge in [0.2, 0.25) is 0 Å². The molecule has 3 aromatic carbocycles. The molecule has 0 bridgehead atoms. The molecule has 0 aliphatic rings. The summed E-state index contributed by atoms with van der Waals surface area (Å²) in [6.07, 6.45) is 1.70. The maximum atomic E-state index is 13.7. The SMILES string of the molecule is O=C(Nc1ccc2nc(CCc3ccccc3)[nH]c2c1)c1ccccc1F. The van der Waals surface area contributed by atoms with E-state index in [0.29, 0.717) is 5.69 Å². The number of fused-ring (bicyclic) bond motifs is 1. The first-order valence-electron chi connectivity index (χ1n) is 8.77. The lowest BCUT2D eigenvalue weighted by Crippen LogP contribution is -2.13. The third-order valence-electron chi connectivity index (χ3n) is 4.40. The Labute approximate surface area is 156 Å². The molecule has 2 N–H and O–H groups in total. The van der Waals surface area contributed by atoms with Gasteiger partial charge in [-0.05, 0) is 42.3 Å². The van der Waals surface area contributed by atoms with Crippen molar-refractivity contribution >= 4 is 22.6 Å². The second-order valence-electron chi connectivity index (χ2n) is 6.33. The number of hydrogen-bond donors (Lipinski definition) is 2. The van der Waals surface area contributed by atoms with Gasteiger partial charge in [-0.15, -0.1) is 0 Å². The Morgan fingerprint density at radius 2 is 1.74 bits per heavy atom. The summed E-state index contributed by atoms with van der Waals surface area (Å²) in [4.78, 5) is 20.1. The summed E-state index contributed by atoms with van der Waals surface area (Å²) >= 11 is 0. The van der Waals surface area contributed by atoms with Crippen molar-refractivity contribution < 1.29 is 9.18 Å². The number of nitrogens with one attached hydrogen (secondary N) is 2. The van der Waals surface area contributed by atoms with E-state index in [1.807, 2.05) is 30.3 Å². The van der Waals surface area contributed by atoms with Crippen LogP contribution < -0.4 is 5.32 Å². The molecule has 4 nitrogen and oxygen atoms in total. The zero-order valence-electron chi connectivity index (χ0n) is 14.6. The van der Waals surface area contributed by atoms with Crippen molar-refractivity contribution in [1.82, 2.24) is 9.97 Å². The molecule has 27 heavy (non-hydrogen) atoms. The summed E-state index contributed by atoms with van der Waals surface area (Å²) in [7, 11) is 0. The fourth-order valence-corrected chi connectivity index (χ4v) is 3.01. The molecule has 0 atom stereocenters. The first kappa shape index (κ1) is 17.0. The van der Waals surface area contributed by atoms with Gasteiger partial charge in [0, 0.05) is 12.1 Å². The van der Waals surface area contributed by atoms with Crippen LogP contribution in [0.4, 0.5) is 10.1 Å². The van der Waals surface area contributed by atoms with Crippen LogP contribution in [0.1, 0.15) is 21.7 Å². The summed E-state index contributed by atoms with van der Waals surface area (Å²) in [5.41, 5.74) is 3.54. The maximum absolute atomic E-state index is 13.7. The van der Waals surface area contributed by atoms with E-state index in [9.17, 15) is 9.18 Å². The van der Waals surface area contributed by atoms with Crippen LogP contribution in [0.15, 0.2) is 72.8 Å². The van der Waals surface area contributed by atoms with E-state index in [1.165, 1.54) is 17.7 Å². The molecule has 0 aliphatic heterocycles. The van der Waals surface area contributed by atoms with Crippen LogP contribution in [0.5, 0.6) is 0 Å². The van der Waals surface area contributed by atoms with Gasteiger partial charge >= 0.3 is 0 Å². The Kier molecular flexibility index (Phi) is 4.66. The average molecular weight is 359 g/mol. The van der Waals surface area contributed by atoms with Gasteiger partial charge in [-0.2, -0.15) is 0 Å². The van der Waals surface area contributed by atoms with E-state index in [0.717, 1.165) is 29.7 Å². The van der Waals surface area contributed by atoms with E-state index < -0.39 is 11.7 Å². The van der Waals surface area contributed by atoms with Crippen molar-refractivity contribution in [3.8, 4) is 0 Å². The number of amides is 1. The Morgan fingerprint density at radius 3 is 2.56 bits per heavy atom. The normalized spacial score (nSPS) is 10.9. The molecule has 0 aliphatic carbocycles. The van der Waals surface area contributed by atoms with Crippen LogP contribution >= 0.6 is 0 Å². The Morgan fingerprint density at radius 1 is 0.963 bits per heavy atom. The Bertz CT molecular complexity index is 1090. The number of rotatable bonds is 5.